The fourth-order valence-electron chi connectivity index (χ4n) is 2.56. The summed E-state index contributed by atoms with van der Waals surface area (Å²) in [6.07, 6.45) is 1.61. The molecule has 1 atom stereocenters. The van der Waals surface area contributed by atoms with Crippen molar-refractivity contribution in [1.82, 2.24) is 0 Å². The van der Waals surface area contributed by atoms with E-state index in [0.717, 1.165) is 0 Å². The summed E-state index contributed by atoms with van der Waals surface area (Å²) < 4.78 is 5.25. The van der Waals surface area contributed by atoms with E-state index in [0.29, 0.717) is 16.8 Å². The van der Waals surface area contributed by atoms with Gasteiger partial charge in [-0.15, -0.1) is 0 Å². The molecular formula is C17H14BClN2O3. The SMILES string of the molecule is [B]C(=O)C1(C)CC(C)=C(N(C=C)c2ccc(C#N)c(Cl)c2)C(=O)O1. The Morgan fingerprint density at radius 1 is 1.58 bits per heavy atom. The standard InChI is InChI=1S/C17H14BClN2O3/c1-4-21(12-6-5-11(9-20)13(19)7-12)14-10(2)8-17(3,16(18)23)24-15(14)22/h4-7H,1,8H2,2-3H3. The number of esters is 1. The number of nitriles is 1. The van der Waals surface area contributed by atoms with Gasteiger partial charge in [-0.05, 0) is 37.6 Å². The molecule has 1 aromatic rings. The highest BCUT2D eigenvalue weighted by atomic mass is 35.5. The van der Waals surface area contributed by atoms with Crippen LogP contribution in [0.25, 0.3) is 0 Å². The van der Waals surface area contributed by atoms with Gasteiger partial charge in [0.2, 0.25) is 0 Å². The van der Waals surface area contributed by atoms with Gasteiger partial charge in [0.15, 0.2) is 13.4 Å². The Morgan fingerprint density at radius 3 is 2.71 bits per heavy atom. The number of carbonyl (C=O) groups excluding carboxylic acids is 2. The summed E-state index contributed by atoms with van der Waals surface area (Å²) in [7, 11) is 5.32. The van der Waals surface area contributed by atoms with E-state index in [2.05, 4.69) is 6.58 Å². The molecule has 7 heteroatoms. The molecule has 1 aliphatic heterocycles. The quantitative estimate of drug-likeness (QED) is 0.622. The molecule has 120 valence electrons. The van der Waals surface area contributed by atoms with Crippen LogP contribution in [0.4, 0.5) is 5.69 Å². The Bertz CT molecular complexity index is 813. The van der Waals surface area contributed by atoms with Gasteiger partial charge < -0.3 is 14.4 Å². The first kappa shape index (κ1) is 17.8. The van der Waals surface area contributed by atoms with Crippen LogP contribution in [-0.2, 0) is 14.3 Å². The Labute approximate surface area is 146 Å². The molecule has 0 spiro atoms. The van der Waals surface area contributed by atoms with Crippen molar-refractivity contribution in [1.29, 1.82) is 5.26 Å². The fourth-order valence-corrected chi connectivity index (χ4v) is 2.78. The molecule has 5 nitrogen and oxygen atoms in total. The van der Waals surface area contributed by atoms with Crippen LogP contribution in [0.1, 0.15) is 25.8 Å². The van der Waals surface area contributed by atoms with Gasteiger partial charge in [0, 0.05) is 18.3 Å². The van der Waals surface area contributed by atoms with Crippen molar-refractivity contribution in [2.75, 3.05) is 4.90 Å². The molecule has 0 saturated heterocycles. The lowest BCUT2D eigenvalue weighted by Gasteiger charge is -2.36. The van der Waals surface area contributed by atoms with E-state index >= 15 is 0 Å². The number of benzene rings is 1. The zero-order chi connectivity index (χ0) is 18.1. The number of hydrogen-bond donors (Lipinski definition) is 0. The van der Waals surface area contributed by atoms with Crippen LogP contribution in [0.5, 0.6) is 0 Å². The van der Waals surface area contributed by atoms with E-state index < -0.39 is 17.3 Å². The summed E-state index contributed by atoms with van der Waals surface area (Å²) in [6.45, 7) is 6.91. The predicted octanol–water partition coefficient (Wildman–Crippen LogP) is 2.84. The molecule has 0 bridgehead atoms. The summed E-state index contributed by atoms with van der Waals surface area (Å²) in [5, 5.41) is 9.21. The van der Waals surface area contributed by atoms with Gasteiger partial charge in [-0.25, -0.2) is 4.79 Å². The van der Waals surface area contributed by atoms with Gasteiger partial charge in [0.05, 0.1) is 10.6 Å². The first-order valence-electron chi connectivity index (χ1n) is 7.08. The minimum absolute atomic E-state index is 0.178. The average molecular weight is 341 g/mol. The van der Waals surface area contributed by atoms with Crippen molar-refractivity contribution in [2.24, 2.45) is 0 Å². The minimum Gasteiger partial charge on any atom is -0.447 e. The van der Waals surface area contributed by atoms with Crippen molar-refractivity contribution >= 4 is 36.8 Å². The van der Waals surface area contributed by atoms with Gasteiger partial charge in [-0.1, -0.05) is 18.2 Å². The molecule has 0 aromatic heterocycles. The maximum Gasteiger partial charge on any atom is 0.356 e. The van der Waals surface area contributed by atoms with E-state index in [1.165, 1.54) is 18.0 Å². The van der Waals surface area contributed by atoms with Gasteiger partial charge in [0.1, 0.15) is 17.4 Å². The van der Waals surface area contributed by atoms with Crippen LogP contribution in [0.15, 0.2) is 42.2 Å². The highest BCUT2D eigenvalue weighted by Gasteiger charge is 2.41. The van der Waals surface area contributed by atoms with Crippen LogP contribution in [-0.4, -0.2) is 25.1 Å². The maximum absolute atomic E-state index is 12.4. The Balaban J connectivity index is 2.50. The van der Waals surface area contributed by atoms with Crippen molar-refractivity contribution in [3.05, 3.63) is 52.8 Å². The molecule has 2 rings (SSSR count). The van der Waals surface area contributed by atoms with E-state index in [1.54, 1.807) is 25.1 Å². The summed E-state index contributed by atoms with van der Waals surface area (Å²) in [5.74, 6) is -0.680. The van der Waals surface area contributed by atoms with E-state index in [1.807, 2.05) is 6.07 Å². The normalized spacial score (nSPS) is 20.2. The summed E-state index contributed by atoms with van der Waals surface area (Å²) in [6, 6.07) is 6.71. The van der Waals surface area contributed by atoms with Gasteiger partial charge in [0.25, 0.3) is 0 Å². The molecule has 0 N–H and O–H groups in total. The number of anilines is 1. The topological polar surface area (TPSA) is 70.4 Å². The van der Waals surface area contributed by atoms with Crippen molar-refractivity contribution in [3.8, 4) is 6.07 Å². The lowest BCUT2D eigenvalue weighted by molar-refractivity contribution is -0.160. The zero-order valence-corrected chi connectivity index (χ0v) is 14.1. The molecule has 0 amide bonds. The average Bonchev–Trinajstić information content (AvgIpc) is 2.50. The molecule has 0 fully saturated rings. The Hall–Kier alpha value is -2.52. The molecule has 1 heterocycles. The van der Waals surface area contributed by atoms with E-state index in [4.69, 9.17) is 29.4 Å². The zero-order valence-electron chi connectivity index (χ0n) is 13.3. The minimum atomic E-state index is -1.38. The highest BCUT2D eigenvalue weighted by molar-refractivity contribution is 6.60. The first-order chi connectivity index (χ1) is 11.2. The Kier molecular flexibility index (Phi) is 4.86. The van der Waals surface area contributed by atoms with Crippen LogP contribution >= 0.6 is 11.6 Å². The molecule has 1 aromatic carbocycles. The lowest BCUT2D eigenvalue weighted by Crippen LogP contribution is -2.46. The molecule has 2 radical (unpaired) electrons. The molecular weight excluding hydrogens is 326 g/mol. The number of ether oxygens (including phenoxy) is 1. The first-order valence-corrected chi connectivity index (χ1v) is 7.45. The van der Waals surface area contributed by atoms with Crippen LogP contribution < -0.4 is 4.90 Å². The van der Waals surface area contributed by atoms with Crippen molar-refractivity contribution in [3.63, 3.8) is 0 Å². The number of nitrogens with zero attached hydrogens (tertiary/aromatic N) is 2. The second-order valence-electron chi connectivity index (χ2n) is 5.62. The van der Waals surface area contributed by atoms with Gasteiger partial charge >= 0.3 is 5.97 Å². The molecule has 1 aliphatic rings. The maximum atomic E-state index is 12.4. The molecule has 1 unspecified atom stereocenters. The Morgan fingerprint density at radius 2 is 2.25 bits per heavy atom. The number of carbonyl (C=O) groups is 2. The summed E-state index contributed by atoms with van der Waals surface area (Å²) >= 11 is 6.05. The third-order valence-corrected chi connectivity index (χ3v) is 4.13. The number of cyclic esters (lactones) is 1. The fraction of sp³-hybridized carbons (Fsp3) is 0.235. The molecule has 24 heavy (non-hydrogen) atoms. The van der Waals surface area contributed by atoms with Crippen LogP contribution in [0.2, 0.25) is 5.02 Å². The molecule has 0 saturated carbocycles. The second kappa shape index (κ2) is 6.54. The largest absolute Gasteiger partial charge is 0.447 e. The number of rotatable bonds is 4. The summed E-state index contributed by atoms with van der Waals surface area (Å²) in [4.78, 5) is 25.5. The van der Waals surface area contributed by atoms with Crippen molar-refractivity contribution in [2.45, 2.75) is 25.9 Å². The highest BCUT2D eigenvalue weighted by Crippen LogP contribution is 2.35. The van der Waals surface area contributed by atoms with Crippen LogP contribution in [0, 0.1) is 11.3 Å². The second-order valence-corrected chi connectivity index (χ2v) is 6.03. The smallest absolute Gasteiger partial charge is 0.356 e. The monoisotopic (exact) mass is 340 g/mol. The number of hydrogen-bond acceptors (Lipinski definition) is 5. The van der Waals surface area contributed by atoms with E-state index in [9.17, 15) is 9.59 Å². The van der Waals surface area contributed by atoms with Gasteiger partial charge in [-0.3, -0.25) is 0 Å². The summed E-state index contributed by atoms with van der Waals surface area (Å²) in [5.41, 5.74) is -0.344. The molecule has 0 aliphatic carbocycles. The van der Waals surface area contributed by atoms with Gasteiger partial charge in [-0.2, -0.15) is 5.26 Å². The van der Waals surface area contributed by atoms with Crippen LogP contribution in [0.3, 0.4) is 0 Å². The number of halogens is 1. The lowest BCUT2D eigenvalue weighted by atomic mass is 9.80. The van der Waals surface area contributed by atoms with Crippen molar-refractivity contribution < 1.29 is 14.3 Å². The predicted molar refractivity (Wildman–Crippen MR) is 91.4 cm³/mol. The third-order valence-electron chi connectivity index (χ3n) is 3.81. The third kappa shape index (κ3) is 3.08. The van der Waals surface area contributed by atoms with E-state index in [-0.39, 0.29) is 17.1 Å².